The van der Waals surface area contributed by atoms with Gasteiger partial charge < -0.3 is 10.1 Å². The van der Waals surface area contributed by atoms with E-state index in [1.807, 2.05) is 0 Å². The molecule has 0 aliphatic rings. The lowest BCUT2D eigenvalue weighted by Gasteiger charge is -2.10. The van der Waals surface area contributed by atoms with E-state index < -0.39 is 10.0 Å². The first-order valence-corrected chi connectivity index (χ1v) is 7.95. The fourth-order valence-corrected chi connectivity index (χ4v) is 2.86. The van der Waals surface area contributed by atoms with Gasteiger partial charge in [0.25, 0.3) is 10.0 Å². The lowest BCUT2D eigenvalue weighted by atomic mass is 10.4. The highest BCUT2D eigenvalue weighted by atomic mass is 32.2. The van der Waals surface area contributed by atoms with Crippen LogP contribution in [-0.2, 0) is 10.0 Å². The summed E-state index contributed by atoms with van der Waals surface area (Å²) in [6.45, 7) is 1.65. The number of rotatable bonds is 4. The Bertz CT molecular complexity index is 781. The van der Waals surface area contributed by atoms with Crippen LogP contribution in [0.15, 0.2) is 35.2 Å². The van der Waals surface area contributed by atoms with Crippen LogP contribution in [0.4, 0.5) is 5.95 Å². The fraction of sp³-hybridized carbons (Fsp3) is 0.167. The van der Waals surface area contributed by atoms with Crippen LogP contribution in [-0.4, -0.2) is 35.6 Å². The zero-order chi connectivity index (χ0) is 16.2. The van der Waals surface area contributed by atoms with Gasteiger partial charge in [-0.15, -0.1) is 0 Å². The van der Waals surface area contributed by atoms with Crippen LogP contribution in [0.2, 0.25) is 0 Å². The van der Waals surface area contributed by atoms with E-state index in [2.05, 4.69) is 25.0 Å². The molecular formula is C12H13N5O3S2. The molecule has 2 rings (SSSR count). The van der Waals surface area contributed by atoms with Crippen LogP contribution < -0.4 is 14.8 Å². The molecule has 0 bridgehead atoms. The third-order valence-electron chi connectivity index (χ3n) is 2.42. The molecule has 2 N–H and O–H groups in total. The molecule has 10 heteroatoms. The lowest BCUT2D eigenvalue weighted by molar-refractivity contribution is 0.377. The van der Waals surface area contributed by atoms with Crippen LogP contribution in [0, 0.1) is 6.92 Å². The molecule has 8 nitrogen and oxygen atoms in total. The molecule has 1 aromatic heterocycles. The lowest BCUT2D eigenvalue weighted by Crippen LogP contribution is -2.34. The Morgan fingerprint density at radius 1 is 1.18 bits per heavy atom. The molecule has 0 amide bonds. The number of ether oxygens (including phenoxy) is 1. The summed E-state index contributed by atoms with van der Waals surface area (Å²) in [7, 11) is -2.35. The summed E-state index contributed by atoms with van der Waals surface area (Å²) in [6, 6.07) is 7.97. The minimum atomic E-state index is -3.76. The highest BCUT2D eigenvalue weighted by molar-refractivity contribution is 7.92. The van der Waals surface area contributed by atoms with Crippen LogP contribution in [0.25, 0.3) is 0 Å². The van der Waals surface area contributed by atoms with E-state index in [-0.39, 0.29) is 22.0 Å². The molecule has 0 saturated carbocycles. The molecule has 0 unspecified atom stereocenters. The van der Waals surface area contributed by atoms with Crippen molar-refractivity contribution in [2.75, 3.05) is 12.4 Å². The van der Waals surface area contributed by atoms with Gasteiger partial charge in [-0.2, -0.15) is 15.0 Å². The van der Waals surface area contributed by atoms with Crippen LogP contribution in [0.3, 0.4) is 0 Å². The number of nitrogens with zero attached hydrogens (tertiary/aromatic N) is 3. The highest BCUT2D eigenvalue weighted by Crippen LogP contribution is 2.09. The Balaban J connectivity index is 2.12. The third kappa shape index (κ3) is 4.09. The van der Waals surface area contributed by atoms with Gasteiger partial charge in [0, 0.05) is 0 Å². The molecule has 0 fully saturated rings. The number of hydrogen-bond acceptors (Lipinski definition) is 7. The molecule has 116 valence electrons. The second kappa shape index (κ2) is 6.62. The molecule has 0 spiro atoms. The second-order valence-electron chi connectivity index (χ2n) is 4.07. The first kappa shape index (κ1) is 16.0. The van der Waals surface area contributed by atoms with Crippen molar-refractivity contribution >= 4 is 33.3 Å². The summed E-state index contributed by atoms with van der Waals surface area (Å²) < 4.78 is 31.3. The van der Waals surface area contributed by atoms with E-state index in [1.54, 1.807) is 25.1 Å². The van der Waals surface area contributed by atoms with E-state index in [1.165, 1.54) is 19.2 Å². The minimum absolute atomic E-state index is 0.0881. The summed E-state index contributed by atoms with van der Waals surface area (Å²) >= 11 is 4.96. The minimum Gasteiger partial charge on any atom is -0.467 e. The summed E-state index contributed by atoms with van der Waals surface area (Å²) in [5, 5.41) is 2.43. The Hall–Kier alpha value is -2.33. The van der Waals surface area contributed by atoms with Gasteiger partial charge in [-0.3, -0.25) is 4.72 Å². The molecular weight excluding hydrogens is 326 g/mol. The van der Waals surface area contributed by atoms with Gasteiger partial charge in [0.15, 0.2) is 5.11 Å². The molecule has 0 saturated heterocycles. The molecule has 2 aromatic rings. The SMILES string of the molecule is COc1nc(C)nc(NC(=S)NS(=O)(=O)c2ccccc2)n1. The molecule has 0 aliphatic heterocycles. The molecule has 22 heavy (non-hydrogen) atoms. The quantitative estimate of drug-likeness (QED) is 0.790. The fourth-order valence-electron chi connectivity index (χ4n) is 1.51. The molecule has 0 radical (unpaired) electrons. The van der Waals surface area contributed by atoms with Crippen molar-refractivity contribution < 1.29 is 13.2 Å². The van der Waals surface area contributed by atoms with Crippen molar-refractivity contribution in [3.8, 4) is 6.01 Å². The topological polar surface area (TPSA) is 106 Å². The summed E-state index contributed by atoms with van der Waals surface area (Å²) in [4.78, 5) is 11.9. The highest BCUT2D eigenvalue weighted by Gasteiger charge is 2.16. The molecule has 0 atom stereocenters. The number of anilines is 1. The summed E-state index contributed by atoms with van der Waals surface area (Å²) in [5.74, 6) is 0.494. The zero-order valence-corrected chi connectivity index (χ0v) is 13.4. The number of thiocarbonyl (C=S) groups is 1. The molecule has 1 heterocycles. The van der Waals surface area contributed by atoms with Gasteiger partial charge in [-0.05, 0) is 31.3 Å². The van der Waals surface area contributed by atoms with Gasteiger partial charge >= 0.3 is 6.01 Å². The first-order valence-electron chi connectivity index (χ1n) is 6.06. The number of hydrogen-bond donors (Lipinski definition) is 2. The third-order valence-corrected chi connectivity index (χ3v) is 4.11. The maximum atomic E-state index is 12.1. The van der Waals surface area contributed by atoms with Gasteiger partial charge in [-0.25, -0.2) is 8.42 Å². The zero-order valence-electron chi connectivity index (χ0n) is 11.8. The van der Waals surface area contributed by atoms with Crippen molar-refractivity contribution in [1.29, 1.82) is 0 Å². The number of methoxy groups -OCH3 is 1. The van der Waals surface area contributed by atoms with Crippen LogP contribution >= 0.6 is 12.2 Å². The molecule has 1 aromatic carbocycles. The van der Waals surface area contributed by atoms with E-state index in [0.717, 1.165) is 0 Å². The van der Waals surface area contributed by atoms with Crippen molar-refractivity contribution in [1.82, 2.24) is 19.7 Å². The number of aryl methyl sites for hydroxylation is 1. The summed E-state index contributed by atoms with van der Waals surface area (Å²) in [5.41, 5.74) is 0. The van der Waals surface area contributed by atoms with Crippen molar-refractivity contribution in [2.24, 2.45) is 0 Å². The van der Waals surface area contributed by atoms with Crippen LogP contribution in [0.1, 0.15) is 5.82 Å². The van der Waals surface area contributed by atoms with E-state index in [4.69, 9.17) is 17.0 Å². The smallest absolute Gasteiger partial charge is 0.321 e. The van der Waals surface area contributed by atoms with Crippen LogP contribution in [0.5, 0.6) is 6.01 Å². The first-order chi connectivity index (χ1) is 10.4. The van der Waals surface area contributed by atoms with Crippen molar-refractivity contribution in [3.05, 3.63) is 36.2 Å². The average Bonchev–Trinajstić information content (AvgIpc) is 2.46. The average molecular weight is 339 g/mol. The predicted molar refractivity (Wildman–Crippen MR) is 84.1 cm³/mol. The van der Waals surface area contributed by atoms with Gasteiger partial charge in [0.05, 0.1) is 12.0 Å². The predicted octanol–water partition coefficient (Wildman–Crippen LogP) is 0.864. The Morgan fingerprint density at radius 2 is 1.86 bits per heavy atom. The van der Waals surface area contributed by atoms with Crippen molar-refractivity contribution in [2.45, 2.75) is 11.8 Å². The van der Waals surface area contributed by atoms with Crippen molar-refractivity contribution in [3.63, 3.8) is 0 Å². The number of aromatic nitrogens is 3. The Morgan fingerprint density at radius 3 is 2.50 bits per heavy atom. The maximum Gasteiger partial charge on any atom is 0.321 e. The standard InChI is InChI=1S/C12H13N5O3S2/c1-8-13-10(15-11(14-8)20-2)16-12(21)17-22(18,19)9-6-4-3-5-7-9/h3-7H,1-2H3,(H2,13,14,15,16,17,21). The van der Waals surface area contributed by atoms with Gasteiger partial charge in [0.2, 0.25) is 5.95 Å². The number of sulfonamides is 1. The monoisotopic (exact) mass is 339 g/mol. The molecule has 0 aliphatic carbocycles. The largest absolute Gasteiger partial charge is 0.467 e. The van der Waals surface area contributed by atoms with E-state index in [0.29, 0.717) is 5.82 Å². The second-order valence-corrected chi connectivity index (χ2v) is 6.16. The Kier molecular flexibility index (Phi) is 4.83. The maximum absolute atomic E-state index is 12.1. The van der Waals surface area contributed by atoms with E-state index in [9.17, 15) is 8.42 Å². The summed E-state index contributed by atoms with van der Waals surface area (Å²) in [6.07, 6.45) is 0. The van der Waals surface area contributed by atoms with E-state index >= 15 is 0 Å². The number of benzene rings is 1. The van der Waals surface area contributed by atoms with Gasteiger partial charge in [0.1, 0.15) is 5.82 Å². The number of nitrogens with one attached hydrogen (secondary N) is 2. The Labute approximate surface area is 133 Å². The van der Waals surface area contributed by atoms with Gasteiger partial charge in [-0.1, -0.05) is 18.2 Å². The normalized spacial score (nSPS) is 10.8.